The number of esters is 1. The van der Waals surface area contributed by atoms with Gasteiger partial charge in [-0.2, -0.15) is 0 Å². The monoisotopic (exact) mass is 411 g/mol. The Hall–Kier alpha value is -2.93. The topological polar surface area (TPSA) is 85.6 Å². The van der Waals surface area contributed by atoms with Crippen LogP contribution in [0.4, 0.5) is 5.00 Å². The number of rotatable bonds is 4. The van der Waals surface area contributed by atoms with E-state index in [9.17, 15) is 14.4 Å². The van der Waals surface area contributed by atoms with Gasteiger partial charge in [0.15, 0.2) is 11.2 Å². The Morgan fingerprint density at radius 1 is 1.31 bits per heavy atom. The number of benzene rings is 1. The fourth-order valence-corrected chi connectivity index (χ4v) is 5.03. The van der Waals surface area contributed by atoms with Crippen LogP contribution >= 0.6 is 11.3 Å². The molecule has 0 radical (unpaired) electrons. The zero-order chi connectivity index (χ0) is 20.5. The second kappa shape index (κ2) is 7.83. The van der Waals surface area contributed by atoms with Crippen LogP contribution in [0.2, 0.25) is 0 Å². The standard InChI is InChI=1S/C22H21NO5S/c1-3-27-22(26)19-14-9-8-12(2)10-18(14)29-21(19)23-20(25)17-11-15(24)13-6-4-5-7-16(13)28-17/h4-7,11-12H,3,8-10H2,1-2H3,(H,23,25)/t12-/m1/s1. The van der Waals surface area contributed by atoms with Gasteiger partial charge in [-0.05, 0) is 49.8 Å². The highest BCUT2D eigenvalue weighted by molar-refractivity contribution is 7.17. The number of hydrogen-bond acceptors (Lipinski definition) is 6. The minimum Gasteiger partial charge on any atom is -0.462 e. The maximum atomic E-state index is 12.8. The van der Waals surface area contributed by atoms with Crippen LogP contribution in [0.5, 0.6) is 0 Å². The predicted molar refractivity (Wildman–Crippen MR) is 112 cm³/mol. The second-order valence-electron chi connectivity index (χ2n) is 7.20. The fourth-order valence-electron chi connectivity index (χ4n) is 3.64. The van der Waals surface area contributed by atoms with E-state index in [1.165, 1.54) is 17.4 Å². The lowest BCUT2D eigenvalue weighted by molar-refractivity contribution is 0.0526. The molecule has 0 spiro atoms. The van der Waals surface area contributed by atoms with E-state index in [0.29, 0.717) is 27.5 Å². The number of fused-ring (bicyclic) bond motifs is 2. The van der Waals surface area contributed by atoms with Gasteiger partial charge in [0.25, 0.3) is 5.91 Å². The van der Waals surface area contributed by atoms with Crippen molar-refractivity contribution >= 4 is 39.2 Å². The summed E-state index contributed by atoms with van der Waals surface area (Å²) in [5.41, 5.74) is 1.44. The van der Waals surface area contributed by atoms with Crippen LogP contribution in [-0.4, -0.2) is 18.5 Å². The molecule has 0 saturated heterocycles. The van der Waals surface area contributed by atoms with E-state index in [-0.39, 0.29) is 17.8 Å². The van der Waals surface area contributed by atoms with Gasteiger partial charge in [0.2, 0.25) is 0 Å². The first-order chi connectivity index (χ1) is 14.0. The van der Waals surface area contributed by atoms with Crippen molar-refractivity contribution in [2.45, 2.75) is 33.1 Å². The summed E-state index contributed by atoms with van der Waals surface area (Å²) in [6, 6.07) is 7.94. The lowest BCUT2D eigenvalue weighted by atomic mass is 9.88. The third-order valence-corrected chi connectivity index (χ3v) is 6.25. The number of carbonyl (C=O) groups excluding carboxylic acids is 2. The van der Waals surface area contributed by atoms with Gasteiger partial charge >= 0.3 is 5.97 Å². The highest BCUT2D eigenvalue weighted by atomic mass is 32.1. The first kappa shape index (κ1) is 19.4. The molecule has 0 unspecified atom stereocenters. The van der Waals surface area contributed by atoms with Crippen molar-refractivity contribution in [3.63, 3.8) is 0 Å². The highest BCUT2D eigenvalue weighted by Crippen LogP contribution is 2.40. The number of ether oxygens (including phenoxy) is 1. The molecule has 1 aliphatic rings. The van der Waals surface area contributed by atoms with Crippen LogP contribution in [0.3, 0.4) is 0 Å². The van der Waals surface area contributed by atoms with E-state index in [4.69, 9.17) is 9.15 Å². The number of hydrogen-bond donors (Lipinski definition) is 1. The molecule has 150 valence electrons. The van der Waals surface area contributed by atoms with E-state index < -0.39 is 11.9 Å². The molecule has 0 aliphatic heterocycles. The molecule has 2 heterocycles. The maximum Gasteiger partial charge on any atom is 0.341 e. The Morgan fingerprint density at radius 3 is 2.90 bits per heavy atom. The predicted octanol–water partition coefficient (Wildman–Crippen LogP) is 4.41. The Balaban J connectivity index is 1.71. The summed E-state index contributed by atoms with van der Waals surface area (Å²) in [7, 11) is 0. The van der Waals surface area contributed by atoms with E-state index in [0.717, 1.165) is 29.7 Å². The summed E-state index contributed by atoms with van der Waals surface area (Å²) in [6.45, 7) is 4.18. The zero-order valence-corrected chi connectivity index (χ0v) is 17.1. The number of nitrogens with one attached hydrogen (secondary N) is 1. The summed E-state index contributed by atoms with van der Waals surface area (Å²) < 4.78 is 10.8. The average Bonchev–Trinajstić information content (AvgIpc) is 3.05. The Morgan fingerprint density at radius 2 is 2.10 bits per heavy atom. The van der Waals surface area contributed by atoms with Gasteiger partial charge in [-0.1, -0.05) is 19.1 Å². The molecule has 1 aromatic carbocycles. The van der Waals surface area contributed by atoms with E-state index in [2.05, 4.69) is 12.2 Å². The van der Waals surface area contributed by atoms with Crippen LogP contribution < -0.4 is 10.7 Å². The third kappa shape index (κ3) is 3.70. The molecule has 4 rings (SSSR count). The van der Waals surface area contributed by atoms with Crippen LogP contribution in [0.1, 0.15) is 51.6 Å². The summed E-state index contributed by atoms with van der Waals surface area (Å²) in [4.78, 5) is 38.8. The van der Waals surface area contributed by atoms with Crippen LogP contribution in [-0.2, 0) is 17.6 Å². The summed E-state index contributed by atoms with van der Waals surface area (Å²) in [5.74, 6) is -0.568. The molecule has 1 N–H and O–H groups in total. The molecule has 2 aromatic heterocycles. The molecule has 0 fully saturated rings. The Kier molecular flexibility index (Phi) is 5.24. The summed E-state index contributed by atoms with van der Waals surface area (Å²) in [6.07, 6.45) is 2.64. The molecule has 7 heteroatoms. The number of amides is 1. The third-order valence-electron chi connectivity index (χ3n) is 5.08. The second-order valence-corrected chi connectivity index (χ2v) is 8.31. The lowest BCUT2D eigenvalue weighted by Gasteiger charge is -2.18. The SMILES string of the molecule is CCOC(=O)c1c(NC(=O)c2cc(=O)c3ccccc3o2)sc2c1CC[C@@H](C)C2. The molecule has 0 saturated carbocycles. The molecule has 3 aromatic rings. The quantitative estimate of drug-likeness (QED) is 0.643. The highest BCUT2D eigenvalue weighted by Gasteiger charge is 2.29. The molecule has 1 atom stereocenters. The molecular formula is C22H21NO5S. The van der Waals surface area contributed by atoms with Gasteiger partial charge in [0.05, 0.1) is 17.6 Å². The first-order valence-corrected chi connectivity index (χ1v) is 10.5. The van der Waals surface area contributed by atoms with Crippen molar-refractivity contribution < 1.29 is 18.7 Å². The van der Waals surface area contributed by atoms with E-state index >= 15 is 0 Å². The van der Waals surface area contributed by atoms with E-state index in [1.807, 2.05) is 0 Å². The Bertz CT molecular complexity index is 1160. The molecule has 29 heavy (non-hydrogen) atoms. The van der Waals surface area contributed by atoms with Crippen LogP contribution in [0, 0.1) is 5.92 Å². The molecular weight excluding hydrogens is 390 g/mol. The van der Waals surface area contributed by atoms with Gasteiger partial charge in [-0.25, -0.2) is 4.79 Å². The Labute approximate surface area is 171 Å². The van der Waals surface area contributed by atoms with Gasteiger partial charge < -0.3 is 14.5 Å². The van der Waals surface area contributed by atoms with Gasteiger partial charge in [0.1, 0.15) is 10.6 Å². The summed E-state index contributed by atoms with van der Waals surface area (Å²) >= 11 is 1.40. The lowest BCUT2D eigenvalue weighted by Crippen LogP contribution is -2.17. The van der Waals surface area contributed by atoms with Crippen LogP contribution in [0.15, 0.2) is 39.5 Å². The van der Waals surface area contributed by atoms with Gasteiger partial charge in [-0.3, -0.25) is 9.59 Å². The number of thiophene rings is 1. The van der Waals surface area contributed by atoms with E-state index in [1.54, 1.807) is 31.2 Å². The largest absolute Gasteiger partial charge is 0.462 e. The van der Waals surface area contributed by atoms with Crippen molar-refractivity contribution in [1.29, 1.82) is 0 Å². The fraction of sp³-hybridized carbons (Fsp3) is 0.318. The number of para-hydroxylation sites is 1. The minimum atomic E-state index is -0.565. The van der Waals surface area contributed by atoms with Crippen molar-refractivity contribution in [2.75, 3.05) is 11.9 Å². The van der Waals surface area contributed by atoms with Crippen molar-refractivity contribution in [2.24, 2.45) is 5.92 Å². The van der Waals surface area contributed by atoms with Crippen LogP contribution in [0.25, 0.3) is 11.0 Å². The van der Waals surface area contributed by atoms with Crippen molar-refractivity contribution in [3.05, 3.63) is 62.3 Å². The summed E-state index contributed by atoms with van der Waals surface area (Å²) in [5, 5.41) is 3.64. The smallest absolute Gasteiger partial charge is 0.341 e. The normalized spacial score (nSPS) is 15.7. The molecule has 1 amide bonds. The van der Waals surface area contributed by atoms with Gasteiger partial charge in [-0.15, -0.1) is 11.3 Å². The molecule has 6 nitrogen and oxygen atoms in total. The van der Waals surface area contributed by atoms with Gasteiger partial charge in [0, 0.05) is 10.9 Å². The van der Waals surface area contributed by atoms with Crippen molar-refractivity contribution in [3.8, 4) is 0 Å². The van der Waals surface area contributed by atoms with Crippen molar-refractivity contribution in [1.82, 2.24) is 0 Å². The number of anilines is 1. The average molecular weight is 411 g/mol. The molecule has 1 aliphatic carbocycles. The first-order valence-electron chi connectivity index (χ1n) is 9.63. The molecule has 0 bridgehead atoms. The zero-order valence-electron chi connectivity index (χ0n) is 16.2. The number of carbonyl (C=O) groups is 2. The minimum absolute atomic E-state index is 0.0942. The maximum absolute atomic E-state index is 12.8.